The number of amides is 1. The van der Waals surface area contributed by atoms with Gasteiger partial charge in [0.05, 0.1) is 30.5 Å². The highest BCUT2D eigenvalue weighted by Crippen LogP contribution is 2.16. The van der Waals surface area contributed by atoms with Gasteiger partial charge in [0.2, 0.25) is 5.91 Å². The zero-order valence-corrected chi connectivity index (χ0v) is 11.7. The van der Waals surface area contributed by atoms with Crippen molar-refractivity contribution >= 4 is 11.6 Å². The van der Waals surface area contributed by atoms with E-state index in [0.29, 0.717) is 0 Å². The average molecular weight is 278 g/mol. The summed E-state index contributed by atoms with van der Waals surface area (Å²) in [6, 6.07) is 0. The minimum atomic E-state index is 0.0743. The molecular formula is C14H22N4O2. The molecular weight excluding hydrogens is 256 g/mol. The van der Waals surface area contributed by atoms with Crippen molar-refractivity contribution < 1.29 is 9.53 Å². The molecule has 1 aromatic heterocycles. The number of anilines is 1. The molecule has 1 aromatic rings. The van der Waals surface area contributed by atoms with Gasteiger partial charge in [-0.25, -0.2) is 0 Å². The lowest BCUT2D eigenvalue weighted by atomic mass is 9.99. The molecule has 0 spiro atoms. The third-order valence-electron chi connectivity index (χ3n) is 3.98. The Morgan fingerprint density at radius 2 is 2.45 bits per heavy atom. The Balaban J connectivity index is 1.52. The van der Waals surface area contributed by atoms with Gasteiger partial charge >= 0.3 is 0 Å². The van der Waals surface area contributed by atoms with Gasteiger partial charge in [0.1, 0.15) is 0 Å². The monoisotopic (exact) mass is 278 g/mol. The Morgan fingerprint density at radius 3 is 3.20 bits per heavy atom. The summed E-state index contributed by atoms with van der Waals surface area (Å²) in [6.45, 7) is 3.41. The number of carbonyl (C=O) groups is 1. The molecule has 2 atom stereocenters. The molecule has 2 N–H and O–H groups in total. The second-order valence-electron chi connectivity index (χ2n) is 5.62. The lowest BCUT2D eigenvalue weighted by Crippen LogP contribution is -2.37. The van der Waals surface area contributed by atoms with Crippen LogP contribution >= 0.6 is 0 Å². The molecule has 0 aliphatic carbocycles. The fourth-order valence-corrected chi connectivity index (χ4v) is 2.84. The predicted molar refractivity (Wildman–Crippen MR) is 75.4 cm³/mol. The van der Waals surface area contributed by atoms with Crippen molar-refractivity contribution in [1.29, 1.82) is 0 Å². The molecule has 2 fully saturated rings. The van der Waals surface area contributed by atoms with Gasteiger partial charge in [-0.2, -0.15) is 5.10 Å². The summed E-state index contributed by atoms with van der Waals surface area (Å²) >= 11 is 0. The van der Waals surface area contributed by atoms with Crippen molar-refractivity contribution in [3.05, 3.63) is 12.4 Å². The number of ether oxygens (including phenoxy) is 1. The summed E-state index contributed by atoms with van der Waals surface area (Å²) in [5, 5.41) is 10.5. The first-order valence-electron chi connectivity index (χ1n) is 7.47. The smallest absolute Gasteiger partial charge is 0.228 e. The number of nitrogens with one attached hydrogen (secondary N) is 2. The van der Waals surface area contributed by atoms with Gasteiger partial charge in [0.15, 0.2) is 0 Å². The SMILES string of the molecule is O=C(Nc1cnn(CC2CCCO2)c1)C1CCCNC1. The van der Waals surface area contributed by atoms with E-state index in [2.05, 4.69) is 15.7 Å². The van der Waals surface area contributed by atoms with E-state index in [9.17, 15) is 4.79 Å². The van der Waals surface area contributed by atoms with Gasteiger partial charge in [0.25, 0.3) is 0 Å². The van der Waals surface area contributed by atoms with E-state index < -0.39 is 0 Å². The number of hydrogen-bond donors (Lipinski definition) is 2. The first kappa shape index (κ1) is 13.6. The van der Waals surface area contributed by atoms with Crippen LogP contribution in [0, 0.1) is 5.92 Å². The topological polar surface area (TPSA) is 68.2 Å². The fraction of sp³-hybridized carbons (Fsp3) is 0.714. The molecule has 2 aliphatic rings. The van der Waals surface area contributed by atoms with E-state index >= 15 is 0 Å². The quantitative estimate of drug-likeness (QED) is 0.862. The summed E-state index contributed by atoms with van der Waals surface area (Å²) in [7, 11) is 0. The Hall–Kier alpha value is -1.40. The molecule has 20 heavy (non-hydrogen) atoms. The number of carbonyl (C=O) groups excluding carboxylic acids is 1. The van der Waals surface area contributed by atoms with Crippen LogP contribution in [0.5, 0.6) is 0 Å². The first-order valence-corrected chi connectivity index (χ1v) is 7.47. The van der Waals surface area contributed by atoms with Gasteiger partial charge in [-0.15, -0.1) is 0 Å². The molecule has 3 heterocycles. The Bertz CT molecular complexity index is 448. The molecule has 6 heteroatoms. The van der Waals surface area contributed by atoms with E-state index in [4.69, 9.17) is 4.74 Å². The molecule has 2 saturated heterocycles. The van der Waals surface area contributed by atoms with Gasteiger partial charge in [0, 0.05) is 19.3 Å². The van der Waals surface area contributed by atoms with Gasteiger partial charge in [-0.05, 0) is 32.2 Å². The van der Waals surface area contributed by atoms with E-state index in [1.165, 1.54) is 0 Å². The largest absolute Gasteiger partial charge is 0.376 e. The Kier molecular flexibility index (Phi) is 4.32. The summed E-state index contributed by atoms with van der Waals surface area (Å²) in [4.78, 5) is 12.1. The fourth-order valence-electron chi connectivity index (χ4n) is 2.84. The molecule has 2 unspecified atom stereocenters. The molecule has 3 rings (SSSR count). The van der Waals surface area contributed by atoms with Crippen LogP contribution in [0.1, 0.15) is 25.7 Å². The van der Waals surface area contributed by atoms with Crippen molar-refractivity contribution in [1.82, 2.24) is 15.1 Å². The third kappa shape index (κ3) is 3.37. The van der Waals surface area contributed by atoms with Crippen LogP contribution in [0.15, 0.2) is 12.4 Å². The number of hydrogen-bond acceptors (Lipinski definition) is 4. The highest BCUT2D eigenvalue weighted by atomic mass is 16.5. The molecule has 0 bridgehead atoms. The van der Waals surface area contributed by atoms with Crippen LogP contribution in [-0.2, 0) is 16.1 Å². The van der Waals surface area contributed by atoms with E-state index in [-0.39, 0.29) is 17.9 Å². The second-order valence-corrected chi connectivity index (χ2v) is 5.62. The van der Waals surface area contributed by atoms with Gasteiger partial charge in [-0.3, -0.25) is 9.48 Å². The number of nitrogens with zero attached hydrogens (tertiary/aromatic N) is 2. The number of aromatic nitrogens is 2. The van der Waals surface area contributed by atoms with Gasteiger partial charge < -0.3 is 15.4 Å². The first-order chi connectivity index (χ1) is 9.81. The van der Waals surface area contributed by atoms with Crippen molar-refractivity contribution in [2.24, 2.45) is 5.92 Å². The zero-order chi connectivity index (χ0) is 13.8. The average Bonchev–Trinajstić information content (AvgIpc) is 3.12. The molecule has 0 saturated carbocycles. The van der Waals surface area contributed by atoms with E-state index in [1.54, 1.807) is 6.20 Å². The highest BCUT2D eigenvalue weighted by molar-refractivity contribution is 5.92. The number of piperidine rings is 1. The second kappa shape index (κ2) is 6.37. The lowest BCUT2D eigenvalue weighted by Gasteiger charge is -2.21. The lowest BCUT2D eigenvalue weighted by molar-refractivity contribution is -0.120. The van der Waals surface area contributed by atoms with Crippen molar-refractivity contribution in [2.45, 2.75) is 38.3 Å². The summed E-state index contributed by atoms with van der Waals surface area (Å²) < 4.78 is 7.44. The minimum Gasteiger partial charge on any atom is -0.376 e. The minimum absolute atomic E-state index is 0.0743. The molecule has 1 amide bonds. The van der Waals surface area contributed by atoms with Crippen LogP contribution in [-0.4, -0.2) is 41.5 Å². The van der Waals surface area contributed by atoms with Crippen LogP contribution < -0.4 is 10.6 Å². The van der Waals surface area contributed by atoms with E-state index in [0.717, 1.165) is 57.6 Å². The maximum absolute atomic E-state index is 12.1. The molecule has 0 radical (unpaired) electrons. The molecule has 0 aromatic carbocycles. The molecule has 110 valence electrons. The van der Waals surface area contributed by atoms with E-state index in [1.807, 2.05) is 10.9 Å². The highest BCUT2D eigenvalue weighted by Gasteiger charge is 2.21. The summed E-state index contributed by atoms with van der Waals surface area (Å²) in [5.74, 6) is 0.166. The molecule has 6 nitrogen and oxygen atoms in total. The Morgan fingerprint density at radius 1 is 1.50 bits per heavy atom. The normalized spacial score (nSPS) is 26.6. The van der Waals surface area contributed by atoms with Crippen LogP contribution in [0.25, 0.3) is 0 Å². The summed E-state index contributed by atoms with van der Waals surface area (Å²) in [5.41, 5.74) is 0.776. The molecule has 2 aliphatic heterocycles. The number of rotatable bonds is 4. The maximum Gasteiger partial charge on any atom is 0.228 e. The zero-order valence-electron chi connectivity index (χ0n) is 11.7. The third-order valence-corrected chi connectivity index (χ3v) is 3.98. The Labute approximate surface area is 118 Å². The van der Waals surface area contributed by atoms with Crippen molar-refractivity contribution in [3.63, 3.8) is 0 Å². The van der Waals surface area contributed by atoms with Crippen molar-refractivity contribution in [2.75, 3.05) is 25.0 Å². The van der Waals surface area contributed by atoms with Crippen LogP contribution in [0.2, 0.25) is 0 Å². The predicted octanol–water partition coefficient (Wildman–Crippen LogP) is 1.00. The van der Waals surface area contributed by atoms with Crippen LogP contribution in [0.3, 0.4) is 0 Å². The standard InChI is InChI=1S/C14H22N4O2/c19-14(11-3-1-5-15-7-11)17-12-8-16-18(9-12)10-13-4-2-6-20-13/h8-9,11,13,15H,1-7,10H2,(H,17,19). The maximum atomic E-state index is 12.1. The van der Waals surface area contributed by atoms with Crippen LogP contribution in [0.4, 0.5) is 5.69 Å². The van der Waals surface area contributed by atoms with Gasteiger partial charge in [-0.1, -0.05) is 0 Å². The summed E-state index contributed by atoms with van der Waals surface area (Å²) in [6.07, 6.45) is 8.11. The van der Waals surface area contributed by atoms with Crippen molar-refractivity contribution in [3.8, 4) is 0 Å².